The smallest absolute Gasteiger partial charge is 0.510 e. The molecule has 2 bridgehead atoms. The molecule has 7 heteroatoms. The van der Waals surface area contributed by atoms with Gasteiger partial charge in [0, 0.05) is 49.7 Å². The molecule has 3 aliphatic rings. The van der Waals surface area contributed by atoms with Crippen molar-refractivity contribution in [2.75, 3.05) is 19.7 Å². The molecule has 0 amide bonds. The van der Waals surface area contributed by atoms with Crippen LogP contribution in [-0.2, 0) is 24.6 Å². The molecule has 1 spiro atoms. The first-order chi connectivity index (χ1) is 17.4. The van der Waals surface area contributed by atoms with Crippen molar-refractivity contribution in [1.82, 2.24) is 0 Å². The Kier molecular flexibility index (Phi) is 8.49. The maximum absolute atomic E-state index is 14.2. The molecule has 37 heavy (non-hydrogen) atoms. The van der Waals surface area contributed by atoms with E-state index in [4.69, 9.17) is 14.2 Å². The van der Waals surface area contributed by atoms with Gasteiger partial charge in [-0.2, -0.15) is 0 Å². The van der Waals surface area contributed by atoms with Crippen LogP contribution in [0, 0.1) is 5.92 Å². The number of ether oxygens (including phenoxy) is 3. The molecule has 3 heterocycles. The Hall–Kier alpha value is -2.57. The normalized spacial score (nSPS) is 23.9. The Bertz CT molecular complexity index is 999. The molecule has 6 nitrogen and oxygen atoms in total. The van der Waals surface area contributed by atoms with Gasteiger partial charge < -0.3 is 31.1 Å². The van der Waals surface area contributed by atoms with Crippen LogP contribution in [0.3, 0.4) is 0 Å². The van der Waals surface area contributed by atoms with Crippen LogP contribution in [0.1, 0.15) is 63.5 Å². The summed E-state index contributed by atoms with van der Waals surface area (Å²) in [6.07, 6.45) is 5.71. The van der Waals surface area contributed by atoms with Gasteiger partial charge in [0.1, 0.15) is 6.10 Å². The molecule has 2 aromatic carbocycles. The number of halogens is 1. The summed E-state index contributed by atoms with van der Waals surface area (Å²) in [7, 11) is 0. The van der Waals surface area contributed by atoms with Gasteiger partial charge in [-0.1, -0.05) is 74.5 Å². The average Bonchev–Trinajstić information content (AvgIpc) is 3.43. The third-order valence-corrected chi connectivity index (χ3v) is 8.45. The predicted molar refractivity (Wildman–Crippen MR) is 136 cm³/mol. The van der Waals surface area contributed by atoms with Crippen molar-refractivity contribution >= 4 is 12.1 Å². The molecule has 2 unspecified atom stereocenters. The van der Waals surface area contributed by atoms with E-state index in [1.807, 2.05) is 50.2 Å². The molecular weight excluding hydrogens is 490 g/mol. The number of esters is 1. The minimum atomic E-state index is -1.74. The lowest BCUT2D eigenvalue weighted by molar-refractivity contribution is -0.956. The molecule has 2 atom stereocenters. The van der Waals surface area contributed by atoms with Crippen molar-refractivity contribution in [3.05, 3.63) is 71.8 Å². The van der Waals surface area contributed by atoms with E-state index in [0.29, 0.717) is 23.2 Å². The summed E-state index contributed by atoms with van der Waals surface area (Å²) in [5, 5.41) is 0. The molecule has 0 aromatic heterocycles. The molecular formula is C30H38ClNO5. The highest BCUT2D eigenvalue weighted by atomic mass is 35.5. The minimum Gasteiger partial charge on any atom is -1.00 e. The van der Waals surface area contributed by atoms with E-state index in [2.05, 4.69) is 0 Å². The zero-order valence-electron chi connectivity index (χ0n) is 21.8. The summed E-state index contributed by atoms with van der Waals surface area (Å²) < 4.78 is 18.9. The second-order valence-electron chi connectivity index (χ2n) is 11.1. The largest absolute Gasteiger partial charge is 1.00 e. The lowest BCUT2D eigenvalue weighted by Crippen LogP contribution is -3.00. The SMILES string of the molecule is CC(C)COC(=O)OC(C(=O)OC1CC2CCC(C1)[N+]21CCCC1)(c1ccccc1)c1ccccc1.[Cl-]. The van der Waals surface area contributed by atoms with Crippen LogP contribution in [0.25, 0.3) is 0 Å². The maximum Gasteiger partial charge on any atom is 0.510 e. The number of quaternary nitrogens is 1. The van der Waals surface area contributed by atoms with E-state index >= 15 is 0 Å². The van der Waals surface area contributed by atoms with Crippen LogP contribution in [0.2, 0.25) is 0 Å². The van der Waals surface area contributed by atoms with Gasteiger partial charge in [-0.05, 0) is 5.92 Å². The molecule has 0 aliphatic carbocycles. The summed E-state index contributed by atoms with van der Waals surface area (Å²) in [6, 6.07) is 19.4. The predicted octanol–water partition coefficient (Wildman–Crippen LogP) is 2.59. The molecule has 3 aliphatic heterocycles. The number of nitrogens with zero attached hydrogens (tertiary/aromatic N) is 1. The topological polar surface area (TPSA) is 61.8 Å². The third-order valence-electron chi connectivity index (χ3n) is 8.45. The Morgan fingerprint density at radius 2 is 1.41 bits per heavy atom. The van der Waals surface area contributed by atoms with Crippen LogP contribution < -0.4 is 12.4 Å². The highest BCUT2D eigenvalue weighted by molar-refractivity contribution is 5.88. The third kappa shape index (κ3) is 5.23. The van der Waals surface area contributed by atoms with Gasteiger partial charge in [0.05, 0.1) is 31.8 Å². The van der Waals surface area contributed by atoms with Gasteiger partial charge in [0.15, 0.2) is 0 Å². The van der Waals surface area contributed by atoms with Crippen molar-refractivity contribution in [2.24, 2.45) is 5.92 Å². The van der Waals surface area contributed by atoms with Crippen molar-refractivity contribution < 1.29 is 40.7 Å². The van der Waals surface area contributed by atoms with Crippen molar-refractivity contribution in [2.45, 2.75) is 76.2 Å². The highest BCUT2D eigenvalue weighted by Crippen LogP contribution is 2.47. The van der Waals surface area contributed by atoms with Crippen LogP contribution in [0.4, 0.5) is 4.79 Å². The van der Waals surface area contributed by atoms with Gasteiger partial charge >= 0.3 is 12.1 Å². The quantitative estimate of drug-likeness (QED) is 0.409. The first-order valence-corrected chi connectivity index (χ1v) is 13.5. The van der Waals surface area contributed by atoms with Crippen LogP contribution in [0.15, 0.2) is 60.7 Å². The van der Waals surface area contributed by atoms with Crippen LogP contribution in [-0.4, -0.2) is 54.5 Å². The molecule has 0 radical (unpaired) electrons. The number of carbonyl (C=O) groups excluding carboxylic acids is 2. The molecule has 0 saturated carbocycles. The van der Waals surface area contributed by atoms with E-state index in [-0.39, 0.29) is 31.0 Å². The molecule has 200 valence electrons. The highest BCUT2D eigenvalue weighted by Gasteiger charge is 2.57. The fraction of sp³-hybridized carbons (Fsp3) is 0.533. The lowest BCUT2D eigenvalue weighted by Gasteiger charge is -2.47. The Morgan fingerprint density at radius 3 is 1.89 bits per heavy atom. The number of hydrogen-bond donors (Lipinski definition) is 0. The maximum atomic E-state index is 14.2. The zero-order chi connectivity index (χ0) is 25.2. The molecule has 3 fully saturated rings. The van der Waals surface area contributed by atoms with Gasteiger partial charge in [-0.15, -0.1) is 0 Å². The lowest BCUT2D eigenvalue weighted by atomic mass is 9.85. The monoisotopic (exact) mass is 527 g/mol. The first kappa shape index (κ1) is 27.5. The second kappa shape index (κ2) is 11.4. The van der Waals surface area contributed by atoms with Gasteiger partial charge in [0.2, 0.25) is 0 Å². The summed E-state index contributed by atoms with van der Waals surface area (Å²) >= 11 is 0. The van der Waals surface area contributed by atoms with Crippen molar-refractivity contribution in [1.29, 1.82) is 0 Å². The summed E-state index contributed by atoms with van der Waals surface area (Å²) in [6.45, 7) is 6.64. The molecule has 5 rings (SSSR count). The second-order valence-corrected chi connectivity index (χ2v) is 11.1. The van der Waals surface area contributed by atoms with E-state index in [0.717, 1.165) is 12.8 Å². The van der Waals surface area contributed by atoms with Gasteiger partial charge in [-0.3, -0.25) is 0 Å². The number of hydrogen-bond acceptors (Lipinski definition) is 5. The number of carbonyl (C=O) groups is 2. The van der Waals surface area contributed by atoms with Crippen molar-refractivity contribution in [3.8, 4) is 0 Å². The van der Waals surface area contributed by atoms with Crippen LogP contribution in [0.5, 0.6) is 0 Å². The molecule has 3 saturated heterocycles. The fourth-order valence-electron chi connectivity index (χ4n) is 6.84. The number of benzene rings is 2. The number of piperidine rings is 1. The average molecular weight is 528 g/mol. The fourth-order valence-corrected chi connectivity index (χ4v) is 6.84. The van der Waals surface area contributed by atoms with E-state index in [1.54, 1.807) is 24.3 Å². The van der Waals surface area contributed by atoms with Crippen LogP contribution >= 0.6 is 0 Å². The van der Waals surface area contributed by atoms with E-state index in [1.165, 1.54) is 43.3 Å². The molecule has 0 N–H and O–H groups in total. The zero-order valence-corrected chi connectivity index (χ0v) is 22.6. The standard InChI is InChI=1S/C30H38NO5.ClH/c1-22(2)21-34-29(33)36-30(23-11-5-3-6-12-23,24-13-7-4-8-14-24)28(32)35-27-19-25-15-16-26(20-27)31(25)17-9-10-18-31;/h3-8,11-14,22,25-27H,9-10,15-21H2,1-2H3;1H/q+1;/p-1. The Labute approximate surface area is 226 Å². The summed E-state index contributed by atoms with van der Waals surface area (Å²) in [5.74, 6) is -0.410. The van der Waals surface area contributed by atoms with E-state index < -0.39 is 17.7 Å². The summed E-state index contributed by atoms with van der Waals surface area (Å²) in [5.41, 5.74) is -0.651. The first-order valence-electron chi connectivity index (χ1n) is 13.5. The van der Waals surface area contributed by atoms with E-state index in [9.17, 15) is 9.59 Å². The summed E-state index contributed by atoms with van der Waals surface area (Å²) in [4.78, 5) is 27.1. The Balaban J connectivity index is 0.00000320. The van der Waals surface area contributed by atoms with Gasteiger partial charge in [-0.25, -0.2) is 9.59 Å². The minimum absolute atomic E-state index is 0. The van der Waals surface area contributed by atoms with Crippen molar-refractivity contribution in [3.63, 3.8) is 0 Å². The van der Waals surface area contributed by atoms with Gasteiger partial charge in [0.25, 0.3) is 5.60 Å². The Morgan fingerprint density at radius 1 is 0.892 bits per heavy atom. The number of rotatable bonds is 7. The molecule has 2 aromatic rings.